The lowest BCUT2D eigenvalue weighted by atomic mass is 9.91. The highest BCUT2D eigenvalue weighted by Gasteiger charge is 2.30. The topological polar surface area (TPSA) is 53.1 Å². The summed E-state index contributed by atoms with van der Waals surface area (Å²) in [5, 5.41) is 4.58. The van der Waals surface area contributed by atoms with Crippen molar-refractivity contribution in [3.05, 3.63) is 17.5 Å². The van der Waals surface area contributed by atoms with Gasteiger partial charge in [0.2, 0.25) is 0 Å². The van der Waals surface area contributed by atoms with E-state index in [1.54, 1.807) is 0 Å². The third-order valence-electron chi connectivity index (χ3n) is 4.01. The number of rotatable bonds is 5. The van der Waals surface area contributed by atoms with Crippen LogP contribution in [0.1, 0.15) is 38.6 Å². The van der Waals surface area contributed by atoms with E-state index < -0.39 is 0 Å². The van der Waals surface area contributed by atoms with Gasteiger partial charge in [0.25, 0.3) is 0 Å². The summed E-state index contributed by atoms with van der Waals surface area (Å²) < 4.78 is 7.69. The molecule has 1 aliphatic rings. The SMILES string of the molecule is CCc1cc(CC(N)C2CCOC2C)n(CC)n1. The number of hydrogen-bond acceptors (Lipinski definition) is 3. The van der Waals surface area contributed by atoms with E-state index in [4.69, 9.17) is 10.5 Å². The van der Waals surface area contributed by atoms with Crippen molar-refractivity contribution in [3.63, 3.8) is 0 Å². The Bertz CT molecular complexity index is 388. The van der Waals surface area contributed by atoms with E-state index in [1.807, 2.05) is 0 Å². The maximum absolute atomic E-state index is 6.35. The standard InChI is InChI=1S/C14H25N3O/c1-4-11-8-12(17(5-2)16-11)9-14(15)13-6-7-18-10(13)3/h8,10,13-14H,4-7,9,15H2,1-3H3. The fourth-order valence-electron chi connectivity index (χ4n) is 2.83. The van der Waals surface area contributed by atoms with Crippen LogP contribution in [0.15, 0.2) is 6.07 Å². The van der Waals surface area contributed by atoms with Gasteiger partial charge in [0.1, 0.15) is 0 Å². The third kappa shape index (κ3) is 2.75. The zero-order valence-corrected chi connectivity index (χ0v) is 11.7. The Hall–Kier alpha value is -0.870. The fourth-order valence-corrected chi connectivity index (χ4v) is 2.83. The van der Waals surface area contributed by atoms with Gasteiger partial charge in [0, 0.05) is 37.2 Å². The lowest BCUT2D eigenvalue weighted by molar-refractivity contribution is 0.0993. The van der Waals surface area contributed by atoms with Gasteiger partial charge >= 0.3 is 0 Å². The summed E-state index contributed by atoms with van der Waals surface area (Å²) >= 11 is 0. The first-order valence-electron chi connectivity index (χ1n) is 7.08. The van der Waals surface area contributed by atoms with Gasteiger partial charge in [-0.05, 0) is 32.8 Å². The molecule has 1 saturated heterocycles. The van der Waals surface area contributed by atoms with Crippen LogP contribution in [0.2, 0.25) is 0 Å². The van der Waals surface area contributed by atoms with Gasteiger partial charge in [-0.15, -0.1) is 0 Å². The monoisotopic (exact) mass is 251 g/mol. The summed E-state index contributed by atoms with van der Waals surface area (Å²) in [5.74, 6) is 0.482. The zero-order chi connectivity index (χ0) is 13.1. The minimum Gasteiger partial charge on any atom is -0.378 e. The number of aryl methyl sites for hydroxylation is 2. The van der Waals surface area contributed by atoms with Crippen LogP contribution < -0.4 is 5.73 Å². The highest BCUT2D eigenvalue weighted by atomic mass is 16.5. The molecule has 2 heterocycles. The summed E-state index contributed by atoms with van der Waals surface area (Å²) in [6, 6.07) is 2.37. The van der Waals surface area contributed by atoms with Crippen molar-refractivity contribution >= 4 is 0 Å². The van der Waals surface area contributed by atoms with Crippen LogP contribution in [0.3, 0.4) is 0 Å². The summed E-state index contributed by atoms with van der Waals surface area (Å²) in [4.78, 5) is 0. The van der Waals surface area contributed by atoms with Gasteiger partial charge < -0.3 is 10.5 Å². The predicted molar refractivity (Wildman–Crippen MR) is 72.5 cm³/mol. The largest absolute Gasteiger partial charge is 0.378 e. The molecular weight excluding hydrogens is 226 g/mol. The molecular formula is C14H25N3O. The second kappa shape index (κ2) is 5.85. The van der Waals surface area contributed by atoms with Crippen LogP contribution in [0, 0.1) is 5.92 Å². The second-order valence-corrected chi connectivity index (χ2v) is 5.19. The maximum Gasteiger partial charge on any atom is 0.0624 e. The van der Waals surface area contributed by atoms with Crippen molar-refractivity contribution in [2.45, 2.75) is 58.7 Å². The van der Waals surface area contributed by atoms with E-state index in [1.165, 1.54) is 5.69 Å². The lowest BCUT2D eigenvalue weighted by Gasteiger charge is -2.22. The van der Waals surface area contributed by atoms with Crippen molar-refractivity contribution in [2.24, 2.45) is 11.7 Å². The fraction of sp³-hybridized carbons (Fsp3) is 0.786. The Kier molecular flexibility index (Phi) is 4.40. The summed E-state index contributed by atoms with van der Waals surface area (Å²) in [6.07, 6.45) is 3.27. The van der Waals surface area contributed by atoms with Crippen molar-refractivity contribution in [2.75, 3.05) is 6.61 Å². The molecule has 1 aromatic heterocycles. The van der Waals surface area contributed by atoms with E-state index in [2.05, 4.69) is 36.6 Å². The number of hydrogen-bond donors (Lipinski definition) is 1. The highest BCUT2D eigenvalue weighted by molar-refractivity contribution is 5.12. The molecule has 18 heavy (non-hydrogen) atoms. The summed E-state index contributed by atoms with van der Waals surface area (Å²) in [5.41, 5.74) is 8.78. The van der Waals surface area contributed by atoms with Gasteiger partial charge in [-0.1, -0.05) is 6.92 Å². The maximum atomic E-state index is 6.35. The molecule has 0 amide bonds. The normalized spacial score (nSPS) is 25.6. The molecule has 0 spiro atoms. The number of ether oxygens (including phenoxy) is 1. The molecule has 0 saturated carbocycles. The van der Waals surface area contributed by atoms with Crippen LogP contribution in [0.5, 0.6) is 0 Å². The van der Waals surface area contributed by atoms with E-state index in [9.17, 15) is 0 Å². The smallest absolute Gasteiger partial charge is 0.0624 e. The van der Waals surface area contributed by atoms with E-state index in [0.717, 1.165) is 38.1 Å². The average Bonchev–Trinajstić information content (AvgIpc) is 2.95. The van der Waals surface area contributed by atoms with E-state index >= 15 is 0 Å². The van der Waals surface area contributed by atoms with Crippen LogP contribution in [0.4, 0.5) is 0 Å². The average molecular weight is 251 g/mol. The molecule has 0 aliphatic carbocycles. The van der Waals surface area contributed by atoms with Gasteiger partial charge in [-0.3, -0.25) is 4.68 Å². The number of nitrogens with two attached hydrogens (primary N) is 1. The Morgan fingerprint density at radius 1 is 1.56 bits per heavy atom. The summed E-state index contributed by atoms with van der Waals surface area (Å²) in [6.45, 7) is 8.17. The van der Waals surface area contributed by atoms with Crippen molar-refractivity contribution < 1.29 is 4.74 Å². The first-order valence-corrected chi connectivity index (χ1v) is 7.08. The number of nitrogens with zero attached hydrogens (tertiary/aromatic N) is 2. The Balaban J connectivity index is 2.05. The highest BCUT2D eigenvalue weighted by Crippen LogP contribution is 2.25. The molecule has 4 heteroatoms. The van der Waals surface area contributed by atoms with Crippen molar-refractivity contribution in [1.29, 1.82) is 0 Å². The van der Waals surface area contributed by atoms with Crippen LogP contribution >= 0.6 is 0 Å². The molecule has 3 unspecified atom stereocenters. The zero-order valence-electron chi connectivity index (χ0n) is 11.7. The van der Waals surface area contributed by atoms with Gasteiger partial charge in [-0.2, -0.15) is 5.10 Å². The molecule has 0 aromatic carbocycles. The quantitative estimate of drug-likeness (QED) is 0.867. The molecule has 3 atom stereocenters. The predicted octanol–water partition coefficient (Wildman–Crippen LogP) is 1.76. The molecule has 0 bridgehead atoms. The van der Waals surface area contributed by atoms with Crippen LogP contribution in [0.25, 0.3) is 0 Å². The molecule has 4 nitrogen and oxygen atoms in total. The Morgan fingerprint density at radius 3 is 2.89 bits per heavy atom. The van der Waals surface area contributed by atoms with Crippen molar-refractivity contribution in [1.82, 2.24) is 9.78 Å². The molecule has 1 aliphatic heterocycles. The molecule has 2 N–H and O–H groups in total. The molecule has 0 radical (unpaired) electrons. The second-order valence-electron chi connectivity index (χ2n) is 5.19. The van der Waals surface area contributed by atoms with Crippen molar-refractivity contribution in [3.8, 4) is 0 Å². The Morgan fingerprint density at radius 2 is 2.33 bits per heavy atom. The van der Waals surface area contributed by atoms with E-state index in [0.29, 0.717) is 12.0 Å². The van der Waals surface area contributed by atoms with Crippen LogP contribution in [-0.4, -0.2) is 28.5 Å². The van der Waals surface area contributed by atoms with E-state index in [-0.39, 0.29) is 6.04 Å². The first kappa shape index (κ1) is 13.6. The third-order valence-corrected chi connectivity index (χ3v) is 4.01. The molecule has 1 aromatic rings. The van der Waals surface area contributed by atoms with Crippen LogP contribution in [-0.2, 0) is 24.1 Å². The lowest BCUT2D eigenvalue weighted by Crippen LogP contribution is -2.36. The summed E-state index contributed by atoms with van der Waals surface area (Å²) in [7, 11) is 0. The molecule has 102 valence electrons. The van der Waals surface area contributed by atoms with Gasteiger partial charge in [0.15, 0.2) is 0 Å². The first-order chi connectivity index (χ1) is 8.65. The molecule has 1 fully saturated rings. The number of aromatic nitrogens is 2. The Labute approximate surface area is 110 Å². The minimum atomic E-state index is 0.175. The molecule has 2 rings (SSSR count). The van der Waals surface area contributed by atoms with Gasteiger partial charge in [0.05, 0.1) is 11.8 Å². The van der Waals surface area contributed by atoms with Gasteiger partial charge in [-0.25, -0.2) is 0 Å². The minimum absolute atomic E-state index is 0.175.